The van der Waals surface area contributed by atoms with Crippen molar-refractivity contribution >= 4 is 17.7 Å². The van der Waals surface area contributed by atoms with Crippen LogP contribution in [0.3, 0.4) is 0 Å². The first kappa shape index (κ1) is 22.1. The van der Waals surface area contributed by atoms with Crippen LogP contribution in [0.15, 0.2) is 54.6 Å². The zero-order valence-electron chi connectivity index (χ0n) is 17.5. The van der Waals surface area contributed by atoms with Gasteiger partial charge in [0.1, 0.15) is 0 Å². The van der Waals surface area contributed by atoms with Crippen molar-refractivity contribution in [3.63, 3.8) is 0 Å². The number of rotatable bonds is 7. The lowest BCUT2D eigenvalue weighted by Crippen LogP contribution is -2.49. The number of hydrogen-bond donors (Lipinski definition) is 2. The second-order valence-electron chi connectivity index (χ2n) is 7.83. The molecule has 0 heterocycles. The fraction of sp³-hybridized carbons (Fsp3) is 0.348. The van der Waals surface area contributed by atoms with Crippen LogP contribution in [0.1, 0.15) is 38.1 Å². The lowest BCUT2D eigenvalue weighted by Gasteiger charge is -2.25. The molecule has 0 atom stereocenters. The first-order valence-electron chi connectivity index (χ1n) is 9.72. The van der Waals surface area contributed by atoms with Gasteiger partial charge in [0.25, 0.3) is 5.91 Å². The summed E-state index contributed by atoms with van der Waals surface area (Å²) in [5.41, 5.74) is 2.20. The summed E-state index contributed by atoms with van der Waals surface area (Å²) in [4.78, 5) is 38.2. The molecule has 6 nitrogen and oxygen atoms in total. The normalized spacial score (nSPS) is 10.9. The first-order valence-corrected chi connectivity index (χ1v) is 9.72. The zero-order valence-corrected chi connectivity index (χ0v) is 17.5. The number of nitrogens with one attached hydrogen (secondary N) is 2. The van der Waals surface area contributed by atoms with E-state index in [1.165, 1.54) is 4.90 Å². The van der Waals surface area contributed by atoms with E-state index in [-0.39, 0.29) is 36.3 Å². The maximum Gasteiger partial charge on any atom is 0.251 e. The minimum atomic E-state index is -0.361. The topological polar surface area (TPSA) is 78.5 Å². The van der Waals surface area contributed by atoms with Gasteiger partial charge in [0.05, 0.1) is 13.1 Å². The molecule has 0 aliphatic heterocycles. The molecule has 0 bridgehead atoms. The number of benzene rings is 2. The van der Waals surface area contributed by atoms with Gasteiger partial charge in [-0.1, -0.05) is 42.5 Å². The maximum absolute atomic E-state index is 12.4. The molecule has 29 heavy (non-hydrogen) atoms. The molecule has 2 aromatic rings. The van der Waals surface area contributed by atoms with Gasteiger partial charge in [-0.3, -0.25) is 14.4 Å². The SMILES string of the molecule is CCN(CC(=O)NC(C)(C)C)C(=O)CNC(=O)c1ccc(-c2ccccc2)cc1. The molecule has 2 aromatic carbocycles. The third-order valence-corrected chi connectivity index (χ3v) is 4.24. The summed E-state index contributed by atoms with van der Waals surface area (Å²) in [6, 6.07) is 17.1. The summed E-state index contributed by atoms with van der Waals surface area (Å²) in [5.74, 6) is -0.852. The first-order chi connectivity index (χ1) is 13.7. The molecule has 0 saturated heterocycles. The summed E-state index contributed by atoms with van der Waals surface area (Å²) >= 11 is 0. The van der Waals surface area contributed by atoms with E-state index < -0.39 is 0 Å². The van der Waals surface area contributed by atoms with Crippen molar-refractivity contribution in [2.45, 2.75) is 33.2 Å². The predicted molar refractivity (Wildman–Crippen MR) is 114 cm³/mol. The molecule has 0 fully saturated rings. The lowest BCUT2D eigenvalue weighted by molar-refractivity contribution is -0.135. The van der Waals surface area contributed by atoms with Crippen molar-refractivity contribution < 1.29 is 14.4 Å². The number of hydrogen-bond acceptors (Lipinski definition) is 3. The Hall–Kier alpha value is -3.15. The third kappa shape index (κ3) is 7.07. The minimum Gasteiger partial charge on any atom is -0.350 e. The molecule has 0 aliphatic carbocycles. The summed E-state index contributed by atoms with van der Waals surface area (Å²) in [6.45, 7) is 7.64. The number of likely N-dealkylation sites (N-methyl/N-ethyl adjacent to an activating group) is 1. The number of carbonyl (C=O) groups excluding carboxylic acids is 3. The van der Waals surface area contributed by atoms with E-state index >= 15 is 0 Å². The van der Waals surface area contributed by atoms with Crippen molar-refractivity contribution in [2.75, 3.05) is 19.6 Å². The van der Waals surface area contributed by atoms with Crippen LogP contribution >= 0.6 is 0 Å². The highest BCUT2D eigenvalue weighted by Crippen LogP contribution is 2.19. The van der Waals surface area contributed by atoms with Crippen molar-refractivity contribution in [3.8, 4) is 11.1 Å². The van der Waals surface area contributed by atoms with Gasteiger partial charge in [-0.2, -0.15) is 0 Å². The Kier molecular flexibility index (Phi) is 7.53. The molecule has 0 aliphatic rings. The highest BCUT2D eigenvalue weighted by Gasteiger charge is 2.20. The Bertz CT molecular complexity index is 840. The summed E-state index contributed by atoms with van der Waals surface area (Å²) < 4.78 is 0. The molecule has 2 N–H and O–H groups in total. The molecule has 6 heteroatoms. The number of nitrogens with zero attached hydrogens (tertiary/aromatic N) is 1. The molecule has 0 radical (unpaired) electrons. The quantitative estimate of drug-likeness (QED) is 0.757. The molecule has 3 amide bonds. The van der Waals surface area contributed by atoms with E-state index in [0.717, 1.165) is 11.1 Å². The Balaban J connectivity index is 1.90. The highest BCUT2D eigenvalue weighted by molar-refractivity contribution is 5.97. The predicted octanol–water partition coefficient (Wildman–Crippen LogP) is 2.85. The standard InChI is InChI=1S/C23H29N3O3/c1-5-26(16-20(27)25-23(2,3)4)21(28)15-24-22(29)19-13-11-18(12-14-19)17-9-7-6-8-10-17/h6-14H,5,15-16H2,1-4H3,(H,24,29)(H,25,27). The van der Waals surface area contributed by atoms with Gasteiger partial charge in [0.15, 0.2) is 0 Å². The van der Waals surface area contributed by atoms with E-state index in [2.05, 4.69) is 10.6 Å². The Labute approximate surface area is 172 Å². The average molecular weight is 396 g/mol. The fourth-order valence-corrected chi connectivity index (χ4v) is 2.82. The molecule has 2 rings (SSSR count). The van der Waals surface area contributed by atoms with Gasteiger partial charge in [-0.25, -0.2) is 0 Å². The maximum atomic E-state index is 12.4. The van der Waals surface area contributed by atoms with Crippen LogP contribution in [0.4, 0.5) is 0 Å². The molecule has 0 spiro atoms. The third-order valence-electron chi connectivity index (χ3n) is 4.24. The van der Waals surface area contributed by atoms with E-state index in [4.69, 9.17) is 0 Å². The Morgan fingerprint density at radius 3 is 2.03 bits per heavy atom. The second kappa shape index (κ2) is 9.87. The van der Waals surface area contributed by atoms with Gasteiger partial charge in [0, 0.05) is 17.6 Å². The number of amides is 3. The van der Waals surface area contributed by atoms with Gasteiger partial charge < -0.3 is 15.5 Å². The van der Waals surface area contributed by atoms with Gasteiger partial charge in [-0.15, -0.1) is 0 Å². The molecule has 154 valence electrons. The minimum absolute atomic E-state index is 0.0335. The molecular formula is C23H29N3O3. The summed E-state index contributed by atoms with van der Waals surface area (Å²) in [6.07, 6.45) is 0. The van der Waals surface area contributed by atoms with E-state index in [1.807, 2.05) is 63.2 Å². The van der Waals surface area contributed by atoms with Crippen molar-refractivity contribution in [3.05, 3.63) is 60.2 Å². The van der Waals surface area contributed by atoms with Crippen LogP contribution in [0.5, 0.6) is 0 Å². The van der Waals surface area contributed by atoms with Crippen LogP contribution in [0, 0.1) is 0 Å². The smallest absolute Gasteiger partial charge is 0.251 e. The van der Waals surface area contributed by atoms with Crippen molar-refractivity contribution in [1.82, 2.24) is 15.5 Å². The number of carbonyl (C=O) groups is 3. The largest absolute Gasteiger partial charge is 0.350 e. The zero-order chi connectivity index (χ0) is 21.4. The molecule has 0 unspecified atom stereocenters. The van der Waals surface area contributed by atoms with E-state index in [9.17, 15) is 14.4 Å². The lowest BCUT2D eigenvalue weighted by atomic mass is 10.0. The summed E-state index contributed by atoms with van der Waals surface area (Å²) in [5, 5.41) is 5.46. The molecule has 0 saturated carbocycles. The van der Waals surface area contributed by atoms with Crippen LogP contribution in [-0.2, 0) is 9.59 Å². The van der Waals surface area contributed by atoms with Crippen LogP contribution in [-0.4, -0.2) is 47.8 Å². The Morgan fingerprint density at radius 1 is 0.897 bits per heavy atom. The van der Waals surface area contributed by atoms with Crippen molar-refractivity contribution in [2.24, 2.45) is 0 Å². The highest BCUT2D eigenvalue weighted by atomic mass is 16.2. The second-order valence-corrected chi connectivity index (χ2v) is 7.83. The van der Waals surface area contributed by atoms with Crippen LogP contribution in [0.25, 0.3) is 11.1 Å². The van der Waals surface area contributed by atoms with Gasteiger partial charge in [0.2, 0.25) is 11.8 Å². The van der Waals surface area contributed by atoms with E-state index in [1.54, 1.807) is 19.1 Å². The van der Waals surface area contributed by atoms with Gasteiger partial charge in [-0.05, 0) is 51.0 Å². The average Bonchev–Trinajstić information content (AvgIpc) is 2.69. The van der Waals surface area contributed by atoms with Crippen LogP contribution in [0.2, 0.25) is 0 Å². The molecule has 0 aromatic heterocycles. The monoisotopic (exact) mass is 395 g/mol. The fourth-order valence-electron chi connectivity index (χ4n) is 2.82. The van der Waals surface area contributed by atoms with Gasteiger partial charge >= 0.3 is 0 Å². The molecular weight excluding hydrogens is 366 g/mol. The van der Waals surface area contributed by atoms with Crippen LogP contribution < -0.4 is 10.6 Å². The Morgan fingerprint density at radius 2 is 1.48 bits per heavy atom. The van der Waals surface area contributed by atoms with E-state index in [0.29, 0.717) is 12.1 Å². The van der Waals surface area contributed by atoms with Crippen molar-refractivity contribution in [1.29, 1.82) is 0 Å². The summed E-state index contributed by atoms with van der Waals surface area (Å²) in [7, 11) is 0.